The highest BCUT2D eigenvalue weighted by molar-refractivity contribution is 7.87. The van der Waals surface area contributed by atoms with Crippen LogP contribution in [-0.4, -0.2) is 37.9 Å². The molecular formula is C9H23N3O2S. The van der Waals surface area contributed by atoms with Crippen molar-refractivity contribution >= 4 is 10.2 Å². The van der Waals surface area contributed by atoms with Crippen molar-refractivity contribution in [2.45, 2.75) is 52.2 Å². The van der Waals surface area contributed by atoms with E-state index in [9.17, 15) is 8.42 Å². The standard InChI is InChI=1S/C9H23N3O2S/c1-7(2)12(5)15(13,14)11-9(4)6-8(3)10/h7-9,11H,6,10H2,1-5H3. The first-order chi connectivity index (χ1) is 6.66. The van der Waals surface area contributed by atoms with Crippen molar-refractivity contribution in [2.24, 2.45) is 5.73 Å². The van der Waals surface area contributed by atoms with Crippen LogP contribution in [0.15, 0.2) is 0 Å². The summed E-state index contributed by atoms with van der Waals surface area (Å²) in [6.07, 6.45) is 0.630. The zero-order chi connectivity index (χ0) is 12.2. The van der Waals surface area contributed by atoms with Crippen molar-refractivity contribution in [3.8, 4) is 0 Å². The Morgan fingerprint density at radius 2 is 1.73 bits per heavy atom. The van der Waals surface area contributed by atoms with Crippen LogP contribution in [0, 0.1) is 0 Å². The Morgan fingerprint density at radius 3 is 2.07 bits per heavy atom. The van der Waals surface area contributed by atoms with E-state index in [1.165, 1.54) is 4.31 Å². The third kappa shape index (κ3) is 5.46. The Hall–Kier alpha value is -0.170. The number of hydrogen-bond donors (Lipinski definition) is 2. The number of nitrogens with zero attached hydrogens (tertiary/aromatic N) is 1. The van der Waals surface area contributed by atoms with Gasteiger partial charge in [-0.1, -0.05) is 0 Å². The molecule has 3 N–H and O–H groups in total. The van der Waals surface area contributed by atoms with Gasteiger partial charge in [0, 0.05) is 25.2 Å². The molecule has 15 heavy (non-hydrogen) atoms. The summed E-state index contributed by atoms with van der Waals surface area (Å²) in [5.74, 6) is 0. The summed E-state index contributed by atoms with van der Waals surface area (Å²) in [7, 11) is -1.82. The van der Waals surface area contributed by atoms with E-state index in [1.807, 2.05) is 27.7 Å². The molecule has 0 fully saturated rings. The number of nitrogens with two attached hydrogens (primary N) is 1. The van der Waals surface area contributed by atoms with Crippen molar-refractivity contribution in [3.63, 3.8) is 0 Å². The van der Waals surface area contributed by atoms with Crippen LogP contribution in [-0.2, 0) is 10.2 Å². The van der Waals surface area contributed by atoms with Gasteiger partial charge in [0.2, 0.25) is 0 Å². The molecule has 92 valence electrons. The molecule has 0 rings (SSSR count). The Labute approximate surface area is 93.2 Å². The molecule has 2 atom stereocenters. The molecule has 2 unspecified atom stereocenters. The molecule has 6 heteroatoms. The topological polar surface area (TPSA) is 75.4 Å². The van der Waals surface area contributed by atoms with E-state index in [-0.39, 0.29) is 18.1 Å². The lowest BCUT2D eigenvalue weighted by Crippen LogP contribution is -2.46. The van der Waals surface area contributed by atoms with Crippen LogP contribution in [0.4, 0.5) is 0 Å². The number of hydrogen-bond acceptors (Lipinski definition) is 3. The van der Waals surface area contributed by atoms with E-state index in [4.69, 9.17) is 5.73 Å². The third-order valence-electron chi connectivity index (χ3n) is 2.18. The molecule has 0 aliphatic heterocycles. The van der Waals surface area contributed by atoms with Crippen LogP contribution in [0.5, 0.6) is 0 Å². The first kappa shape index (κ1) is 14.8. The molecule has 0 heterocycles. The second-order valence-electron chi connectivity index (χ2n) is 4.35. The fourth-order valence-electron chi connectivity index (χ4n) is 1.22. The molecule has 0 saturated carbocycles. The minimum atomic E-state index is -3.38. The summed E-state index contributed by atoms with van der Waals surface area (Å²) in [6, 6.07) is -0.201. The molecule has 0 spiro atoms. The average Bonchev–Trinajstić information content (AvgIpc) is 1.99. The molecule has 0 radical (unpaired) electrons. The van der Waals surface area contributed by atoms with Crippen molar-refractivity contribution in [1.82, 2.24) is 9.03 Å². The van der Waals surface area contributed by atoms with Gasteiger partial charge in [0.25, 0.3) is 10.2 Å². The summed E-state index contributed by atoms with van der Waals surface area (Å²) in [6.45, 7) is 7.33. The molecule has 0 aliphatic rings. The zero-order valence-corrected chi connectivity index (χ0v) is 11.0. The lowest BCUT2D eigenvalue weighted by Gasteiger charge is -2.24. The van der Waals surface area contributed by atoms with Gasteiger partial charge in [-0.3, -0.25) is 0 Å². The average molecular weight is 237 g/mol. The predicted molar refractivity (Wildman–Crippen MR) is 62.7 cm³/mol. The van der Waals surface area contributed by atoms with Gasteiger partial charge < -0.3 is 5.73 Å². The summed E-state index contributed by atoms with van der Waals surface area (Å²) in [5.41, 5.74) is 5.60. The van der Waals surface area contributed by atoms with Gasteiger partial charge in [0.15, 0.2) is 0 Å². The summed E-state index contributed by atoms with van der Waals surface area (Å²) in [4.78, 5) is 0. The van der Waals surface area contributed by atoms with Crippen molar-refractivity contribution in [2.75, 3.05) is 7.05 Å². The fraction of sp³-hybridized carbons (Fsp3) is 1.00. The molecule has 0 aromatic carbocycles. The van der Waals surface area contributed by atoms with Gasteiger partial charge in [-0.15, -0.1) is 0 Å². The third-order valence-corrected chi connectivity index (χ3v) is 4.06. The second-order valence-corrected chi connectivity index (χ2v) is 6.11. The summed E-state index contributed by atoms with van der Waals surface area (Å²) >= 11 is 0. The largest absolute Gasteiger partial charge is 0.328 e. The lowest BCUT2D eigenvalue weighted by molar-refractivity contribution is 0.393. The molecule has 0 aromatic rings. The lowest BCUT2D eigenvalue weighted by atomic mass is 10.1. The predicted octanol–water partition coefficient (Wildman–Crippen LogP) is 0.287. The molecule has 0 aromatic heterocycles. The minimum Gasteiger partial charge on any atom is -0.328 e. The van der Waals surface area contributed by atoms with Crippen molar-refractivity contribution in [3.05, 3.63) is 0 Å². The van der Waals surface area contributed by atoms with Crippen LogP contribution >= 0.6 is 0 Å². The van der Waals surface area contributed by atoms with Crippen LogP contribution in [0.2, 0.25) is 0 Å². The van der Waals surface area contributed by atoms with Gasteiger partial charge in [-0.2, -0.15) is 17.4 Å². The van der Waals surface area contributed by atoms with Crippen LogP contribution in [0.25, 0.3) is 0 Å². The van der Waals surface area contributed by atoms with E-state index >= 15 is 0 Å². The van der Waals surface area contributed by atoms with E-state index < -0.39 is 10.2 Å². The normalized spacial score (nSPS) is 17.1. The number of nitrogens with one attached hydrogen (secondary N) is 1. The van der Waals surface area contributed by atoms with Gasteiger partial charge in [-0.25, -0.2) is 0 Å². The second kappa shape index (κ2) is 5.79. The summed E-state index contributed by atoms with van der Waals surface area (Å²) in [5, 5.41) is 0. The smallest absolute Gasteiger partial charge is 0.279 e. The maximum atomic E-state index is 11.7. The van der Waals surface area contributed by atoms with Crippen molar-refractivity contribution in [1.29, 1.82) is 0 Å². The highest BCUT2D eigenvalue weighted by Gasteiger charge is 2.22. The SMILES string of the molecule is CC(N)CC(C)NS(=O)(=O)N(C)C(C)C. The highest BCUT2D eigenvalue weighted by atomic mass is 32.2. The maximum absolute atomic E-state index is 11.7. The summed E-state index contributed by atoms with van der Waals surface area (Å²) < 4.78 is 27.4. The zero-order valence-electron chi connectivity index (χ0n) is 10.2. The molecule has 0 aliphatic carbocycles. The Morgan fingerprint density at radius 1 is 1.27 bits per heavy atom. The Balaban J connectivity index is 4.38. The van der Waals surface area contributed by atoms with Crippen molar-refractivity contribution < 1.29 is 8.42 Å². The highest BCUT2D eigenvalue weighted by Crippen LogP contribution is 2.04. The van der Waals surface area contributed by atoms with Crippen LogP contribution < -0.4 is 10.5 Å². The number of rotatable bonds is 6. The first-order valence-electron chi connectivity index (χ1n) is 5.17. The fourth-order valence-corrected chi connectivity index (χ4v) is 2.55. The van der Waals surface area contributed by atoms with E-state index in [0.29, 0.717) is 6.42 Å². The minimum absolute atomic E-state index is 0.00736. The van der Waals surface area contributed by atoms with E-state index in [0.717, 1.165) is 0 Å². The quantitative estimate of drug-likeness (QED) is 0.697. The molecule has 0 bridgehead atoms. The van der Waals surface area contributed by atoms with E-state index in [2.05, 4.69) is 4.72 Å². The van der Waals surface area contributed by atoms with Gasteiger partial charge >= 0.3 is 0 Å². The Bertz CT molecular complexity index is 275. The molecule has 0 amide bonds. The first-order valence-corrected chi connectivity index (χ1v) is 6.61. The monoisotopic (exact) mass is 237 g/mol. The molecule has 0 saturated heterocycles. The maximum Gasteiger partial charge on any atom is 0.279 e. The van der Waals surface area contributed by atoms with E-state index in [1.54, 1.807) is 7.05 Å². The van der Waals surface area contributed by atoms with Gasteiger partial charge in [0.1, 0.15) is 0 Å². The van der Waals surface area contributed by atoms with Crippen LogP contribution in [0.3, 0.4) is 0 Å². The Kier molecular flexibility index (Phi) is 5.72. The van der Waals surface area contributed by atoms with Gasteiger partial charge in [-0.05, 0) is 34.1 Å². The molecular weight excluding hydrogens is 214 g/mol. The van der Waals surface area contributed by atoms with Crippen LogP contribution in [0.1, 0.15) is 34.1 Å². The molecule has 5 nitrogen and oxygen atoms in total. The van der Waals surface area contributed by atoms with Gasteiger partial charge in [0.05, 0.1) is 0 Å².